The number of amides is 1. The number of primary amides is 1. The Morgan fingerprint density at radius 2 is 1.48 bits per heavy atom. The summed E-state index contributed by atoms with van der Waals surface area (Å²) in [7, 11) is 0. The molecule has 0 aliphatic rings. The maximum absolute atomic E-state index is 10.7. The molecule has 0 heterocycles. The summed E-state index contributed by atoms with van der Waals surface area (Å²) in [5, 5.41) is 18.4. The Morgan fingerprint density at radius 1 is 1.00 bits per heavy atom. The van der Waals surface area contributed by atoms with Gasteiger partial charge in [0.1, 0.15) is 12.2 Å². The summed E-state index contributed by atoms with van der Waals surface area (Å²) in [5.41, 5.74) is 4.95. The molecule has 0 saturated heterocycles. The second kappa shape index (κ2) is 14.1. The molecule has 2 atom stereocenters. The van der Waals surface area contributed by atoms with Gasteiger partial charge in [-0.05, 0) is 12.8 Å². The van der Waals surface area contributed by atoms with E-state index in [-0.39, 0.29) is 0 Å². The highest BCUT2D eigenvalue weighted by atomic mass is 16.6. The van der Waals surface area contributed by atoms with Crippen LogP contribution in [0.1, 0.15) is 77.6 Å². The van der Waals surface area contributed by atoms with Crippen LogP contribution in [-0.2, 0) is 4.74 Å². The van der Waals surface area contributed by atoms with Crippen molar-refractivity contribution in [3.8, 4) is 0 Å². The Hall–Kier alpha value is -0.810. The van der Waals surface area contributed by atoms with E-state index in [1.165, 1.54) is 44.9 Å². The minimum absolute atomic E-state index is 0.421. The van der Waals surface area contributed by atoms with Crippen LogP contribution in [0.2, 0.25) is 0 Å². The predicted octanol–water partition coefficient (Wildman–Crippen LogP) is 3.11. The number of carbonyl (C=O) groups excluding carboxylic acids is 1. The number of ether oxygens (including phenoxy) is 1. The molecule has 0 radical (unpaired) electrons. The Bertz CT molecular complexity index is 248. The molecule has 4 N–H and O–H groups in total. The van der Waals surface area contributed by atoms with Crippen LogP contribution in [-0.4, -0.2) is 35.1 Å². The highest BCUT2D eigenvalue weighted by Crippen LogP contribution is 2.14. The first kappa shape index (κ1) is 20.2. The van der Waals surface area contributed by atoms with Crippen molar-refractivity contribution in [3.63, 3.8) is 0 Å². The van der Waals surface area contributed by atoms with E-state index in [0.717, 1.165) is 19.3 Å². The van der Waals surface area contributed by atoms with Gasteiger partial charge in [0.15, 0.2) is 0 Å². The molecule has 0 aromatic heterocycles. The third kappa shape index (κ3) is 12.6. The maximum atomic E-state index is 10.7. The molecular weight excluding hydrogens is 270 g/mol. The third-order valence-corrected chi connectivity index (χ3v) is 3.73. The van der Waals surface area contributed by atoms with Gasteiger partial charge in [0.05, 0.1) is 6.61 Å². The molecule has 0 spiro atoms. The van der Waals surface area contributed by atoms with Crippen LogP contribution < -0.4 is 5.73 Å². The molecule has 5 nitrogen and oxygen atoms in total. The first-order valence-corrected chi connectivity index (χ1v) is 8.36. The van der Waals surface area contributed by atoms with E-state index in [4.69, 9.17) is 15.6 Å². The Kier molecular flexibility index (Phi) is 13.6. The summed E-state index contributed by atoms with van der Waals surface area (Å²) in [4.78, 5) is 10.7. The zero-order valence-electron chi connectivity index (χ0n) is 13.4. The second-order valence-corrected chi connectivity index (χ2v) is 5.70. The van der Waals surface area contributed by atoms with Crippen LogP contribution in [0.25, 0.3) is 0 Å². The summed E-state index contributed by atoms with van der Waals surface area (Å²) in [6.45, 7) is 1.80. The Labute approximate surface area is 128 Å². The van der Waals surface area contributed by atoms with Crippen LogP contribution in [0, 0.1) is 0 Å². The Balaban J connectivity index is 3.51. The number of hydrogen-bond donors (Lipinski definition) is 3. The summed E-state index contributed by atoms with van der Waals surface area (Å²) in [6.07, 6.45) is 10.1. The van der Waals surface area contributed by atoms with Crippen molar-refractivity contribution in [1.82, 2.24) is 0 Å². The topological polar surface area (TPSA) is 92.8 Å². The van der Waals surface area contributed by atoms with E-state index < -0.39 is 24.9 Å². The summed E-state index contributed by atoms with van der Waals surface area (Å²) >= 11 is 0. The lowest BCUT2D eigenvalue weighted by Crippen LogP contribution is -2.35. The highest BCUT2D eigenvalue weighted by molar-refractivity contribution is 5.64. The number of nitrogens with two attached hydrogens (primary N) is 1. The van der Waals surface area contributed by atoms with E-state index in [1.807, 2.05) is 0 Å². The van der Waals surface area contributed by atoms with E-state index in [0.29, 0.717) is 6.42 Å². The second-order valence-electron chi connectivity index (χ2n) is 5.70. The average Bonchev–Trinajstić information content (AvgIpc) is 2.46. The molecule has 0 aromatic carbocycles. The van der Waals surface area contributed by atoms with Crippen LogP contribution in [0.15, 0.2) is 0 Å². The molecule has 0 bridgehead atoms. The molecule has 21 heavy (non-hydrogen) atoms. The van der Waals surface area contributed by atoms with E-state index in [1.54, 1.807) is 0 Å². The number of rotatable bonds is 14. The number of carbonyl (C=O) groups is 1. The fourth-order valence-corrected chi connectivity index (χ4v) is 2.43. The monoisotopic (exact) mass is 303 g/mol. The number of aliphatic hydroxyl groups is 2. The van der Waals surface area contributed by atoms with E-state index in [2.05, 4.69) is 6.92 Å². The van der Waals surface area contributed by atoms with Crippen LogP contribution in [0.5, 0.6) is 0 Å². The molecule has 0 aliphatic heterocycles. The summed E-state index contributed by atoms with van der Waals surface area (Å²) in [5.74, 6) is 0. The molecule has 0 fully saturated rings. The summed E-state index contributed by atoms with van der Waals surface area (Å²) in [6, 6.07) is 0. The lowest BCUT2D eigenvalue weighted by atomic mass is 10.0. The minimum atomic E-state index is -1.05. The first-order valence-electron chi connectivity index (χ1n) is 8.36. The van der Waals surface area contributed by atoms with Crippen molar-refractivity contribution < 1.29 is 19.7 Å². The van der Waals surface area contributed by atoms with Gasteiger partial charge < -0.3 is 20.7 Å². The van der Waals surface area contributed by atoms with Crippen molar-refractivity contribution >= 4 is 6.09 Å². The molecule has 0 saturated carbocycles. The molecule has 0 aliphatic carbocycles. The third-order valence-electron chi connectivity index (χ3n) is 3.73. The fraction of sp³-hybridized carbons (Fsp3) is 0.938. The number of unbranched alkanes of at least 4 members (excludes halogenated alkanes) is 9. The SMILES string of the molecule is CCCCCCCCCCCCC(OC(N)=O)C(O)CO. The average molecular weight is 303 g/mol. The zero-order valence-corrected chi connectivity index (χ0v) is 13.4. The van der Waals surface area contributed by atoms with Crippen molar-refractivity contribution in [2.24, 2.45) is 5.73 Å². The van der Waals surface area contributed by atoms with E-state index in [9.17, 15) is 9.90 Å². The number of aliphatic hydroxyl groups excluding tert-OH is 2. The largest absolute Gasteiger partial charge is 0.444 e. The van der Waals surface area contributed by atoms with E-state index >= 15 is 0 Å². The lowest BCUT2D eigenvalue weighted by molar-refractivity contribution is -0.0258. The molecule has 126 valence electrons. The lowest BCUT2D eigenvalue weighted by Gasteiger charge is -2.20. The molecule has 2 unspecified atom stereocenters. The normalized spacial score (nSPS) is 13.9. The van der Waals surface area contributed by atoms with Crippen LogP contribution in [0.3, 0.4) is 0 Å². The van der Waals surface area contributed by atoms with Gasteiger partial charge in [0.25, 0.3) is 0 Å². The molecule has 0 rings (SSSR count). The maximum Gasteiger partial charge on any atom is 0.404 e. The first-order chi connectivity index (χ1) is 10.1. The van der Waals surface area contributed by atoms with Gasteiger partial charge in [0, 0.05) is 0 Å². The fourth-order valence-electron chi connectivity index (χ4n) is 2.43. The Morgan fingerprint density at radius 3 is 1.90 bits per heavy atom. The van der Waals surface area contributed by atoms with Gasteiger partial charge in [-0.1, -0.05) is 64.7 Å². The molecular formula is C16H33NO4. The van der Waals surface area contributed by atoms with Gasteiger partial charge in [-0.2, -0.15) is 0 Å². The van der Waals surface area contributed by atoms with Crippen LogP contribution >= 0.6 is 0 Å². The van der Waals surface area contributed by atoms with Crippen molar-refractivity contribution in [2.75, 3.05) is 6.61 Å². The van der Waals surface area contributed by atoms with Crippen molar-refractivity contribution in [3.05, 3.63) is 0 Å². The van der Waals surface area contributed by atoms with Gasteiger partial charge in [-0.3, -0.25) is 0 Å². The molecule has 0 aromatic rings. The van der Waals surface area contributed by atoms with Gasteiger partial charge in [-0.15, -0.1) is 0 Å². The van der Waals surface area contributed by atoms with Crippen LogP contribution in [0.4, 0.5) is 4.79 Å². The molecule has 1 amide bonds. The molecule has 5 heteroatoms. The zero-order chi connectivity index (χ0) is 15.9. The highest BCUT2D eigenvalue weighted by Gasteiger charge is 2.21. The smallest absolute Gasteiger partial charge is 0.404 e. The van der Waals surface area contributed by atoms with Gasteiger partial charge >= 0.3 is 6.09 Å². The standard InChI is InChI=1S/C16H33NO4/c1-2-3-4-5-6-7-8-9-10-11-12-15(14(19)13-18)21-16(17)20/h14-15,18-19H,2-13H2,1H3,(H2,17,20). The predicted molar refractivity (Wildman–Crippen MR) is 84.0 cm³/mol. The number of hydrogen-bond acceptors (Lipinski definition) is 4. The summed E-state index contributed by atoms with van der Waals surface area (Å²) < 4.78 is 4.81. The van der Waals surface area contributed by atoms with Crippen molar-refractivity contribution in [2.45, 2.75) is 89.8 Å². The quantitative estimate of drug-likeness (QED) is 0.430. The minimum Gasteiger partial charge on any atom is -0.444 e. The van der Waals surface area contributed by atoms with Crippen molar-refractivity contribution in [1.29, 1.82) is 0 Å². The van der Waals surface area contributed by atoms with Gasteiger partial charge in [0.2, 0.25) is 0 Å². The van der Waals surface area contributed by atoms with Gasteiger partial charge in [-0.25, -0.2) is 4.79 Å².